The standard InChI is InChI=1S/C20H24N2O6S2/c1-29(24,25)19-5-3-2-4-18(19)21-20(23)11-8-16-6-9-17(10-7-16)30(26,27)22-12-14-28-15-13-22/h2-7,9-10H,8,11-15H2,1H3,(H,21,23). The van der Waals surface area contributed by atoms with E-state index in [1.165, 1.54) is 22.5 Å². The van der Waals surface area contributed by atoms with E-state index >= 15 is 0 Å². The van der Waals surface area contributed by atoms with E-state index in [0.29, 0.717) is 32.7 Å². The third kappa shape index (κ3) is 5.45. The van der Waals surface area contributed by atoms with Crippen molar-refractivity contribution < 1.29 is 26.4 Å². The molecule has 30 heavy (non-hydrogen) atoms. The Hall–Kier alpha value is -2.27. The molecular weight excluding hydrogens is 428 g/mol. The number of benzene rings is 2. The number of rotatable bonds is 7. The smallest absolute Gasteiger partial charge is 0.243 e. The Labute approximate surface area is 176 Å². The average Bonchev–Trinajstić information content (AvgIpc) is 2.73. The molecule has 0 aromatic heterocycles. The average molecular weight is 453 g/mol. The highest BCUT2D eigenvalue weighted by atomic mass is 32.2. The van der Waals surface area contributed by atoms with Crippen molar-refractivity contribution in [2.45, 2.75) is 22.6 Å². The van der Waals surface area contributed by atoms with Crippen LogP contribution in [0.2, 0.25) is 0 Å². The molecule has 2 aromatic carbocycles. The molecule has 8 nitrogen and oxygen atoms in total. The van der Waals surface area contributed by atoms with Gasteiger partial charge in [-0.15, -0.1) is 0 Å². The number of sulfonamides is 1. The molecule has 2 aromatic rings. The molecule has 0 unspecified atom stereocenters. The van der Waals surface area contributed by atoms with Crippen molar-refractivity contribution >= 4 is 31.5 Å². The zero-order valence-corrected chi connectivity index (χ0v) is 18.2. The summed E-state index contributed by atoms with van der Waals surface area (Å²) in [6.07, 6.45) is 1.61. The zero-order valence-electron chi connectivity index (χ0n) is 16.6. The molecule has 1 aliphatic rings. The number of nitrogens with one attached hydrogen (secondary N) is 1. The first-order valence-corrected chi connectivity index (χ1v) is 12.8. The number of hydrogen-bond donors (Lipinski definition) is 1. The molecule has 3 rings (SSSR count). The predicted molar refractivity (Wildman–Crippen MR) is 113 cm³/mol. The second kappa shape index (κ2) is 9.25. The largest absolute Gasteiger partial charge is 0.379 e. The van der Waals surface area contributed by atoms with Crippen molar-refractivity contribution in [2.75, 3.05) is 37.9 Å². The van der Waals surface area contributed by atoms with Gasteiger partial charge in [-0.05, 0) is 36.2 Å². The maximum atomic E-state index is 12.6. The topological polar surface area (TPSA) is 110 Å². The molecule has 0 radical (unpaired) electrons. The third-order valence-electron chi connectivity index (χ3n) is 4.73. The molecule has 1 heterocycles. The van der Waals surface area contributed by atoms with Crippen molar-refractivity contribution in [3.8, 4) is 0 Å². The van der Waals surface area contributed by atoms with Gasteiger partial charge < -0.3 is 10.1 Å². The molecule has 1 N–H and O–H groups in total. The lowest BCUT2D eigenvalue weighted by Crippen LogP contribution is -2.40. The highest BCUT2D eigenvalue weighted by Crippen LogP contribution is 2.21. The molecule has 0 saturated carbocycles. The minimum atomic E-state index is -3.55. The van der Waals surface area contributed by atoms with Gasteiger partial charge in [-0.25, -0.2) is 16.8 Å². The number of para-hydroxylation sites is 1. The van der Waals surface area contributed by atoms with Crippen LogP contribution in [0.25, 0.3) is 0 Å². The second-order valence-corrected chi connectivity index (χ2v) is 10.9. The molecule has 10 heteroatoms. The summed E-state index contributed by atoms with van der Waals surface area (Å²) in [6, 6.07) is 12.7. The number of morpholine rings is 1. The van der Waals surface area contributed by atoms with Crippen molar-refractivity contribution in [3.63, 3.8) is 0 Å². The number of hydrogen-bond acceptors (Lipinski definition) is 6. The number of nitrogens with zero attached hydrogens (tertiary/aromatic N) is 1. The molecule has 162 valence electrons. The van der Waals surface area contributed by atoms with Crippen LogP contribution < -0.4 is 5.32 Å². The molecule has 1 aliphatic heterocycles. The first kappa shape index (κ1) is 22.4. The summed E-state index contributed by atoms with van der Waals surface area (Å²) < 4.78 is 55.5. The summed E-state index contributed by atoms with van der Waals surface area (Å²) in [5.74, 6) is -0.323. The summed E-state index contributed by atoms with van der Waals surface area (Å²) >= 11 is 0. The minimum Gasteiger partial charge on any atom is -0.379 e. The molecule has 0 aliphatic carbocycles. The fourth-order valence-electron chi connectivity index (χ4n) is 3.13. The van der Waals surface area contributed by atoms with E-state index < -0.39 is 19.9 Å². The zero-order chi connectivity index (χ0) is 21.8. The number of amides is 1. The molecule has 0 spiro atoms. The summed E-state index contributed by atoms with van der Waals surface area (Å²) in [5, 5.41) is 2.63. The Bertz CT molecular complexity index is 1110. The first-order valence-electron chi connectivity index (χ1n) is 9.44. The fourth-order valence-corrected chi connectivity index (χ4v) is 5.38. The van der Waals surface area contributed by atoms with E-state index in [-0.39, 0.29) is 27.8 Å². The quantitative estimate of drug-likeness (QED) is 0.685. The number of ether oxygens (including phenoxy) is 1. The van der Waals surface area contributed by atoms with Crippen molar-refractivity contribution in [2.24, 2.45) is 0 Å². The van der Waals surface area contributed by atoms with Gasteiger partial charge in [-0.3, -0.25) is 4.79 Å². The van der Waals surface area contributed by atoms with Crippen molar-refractivity contribution in [1.29, 1.82) is 0 Å². The van der Waals surface area contributed by atoms with E-state index in [0.717, 1.165) is 11.8 Å². The van der Waals surface area contributed by atoms with Gasteiger partial charge in [-0.1, -0.05) is 24.3 Å². The van der Waals surface area contributed by atoms with E-state index in [1.807, 2.05) is 0 Å². The van der Waals surface area contributed by atoms with Crippen molar-refractivity contribution in [3.05, 3.63) is 54.1 Å². The van der Waals surface area contributed by atoms with Crippen LogP contribution in [0.4, 0.5) is 5.69 Å². The van der Waals surface area contributed by atoms with Gasteiger partial charge in [0.05, 0.1) is 28.7 Å². The lowest BCUT2D eigenvalue weighted by molar-refractivity contribution is -0.116. The van der Waals surface area contributed by atoms with Crippen LogP contribution in [0.3, 0.4) is 0 Å². The normalized spacial score (nSPS) is 15.6. The number of carbonyl (C=O) groups excluding carboxylic acids is 1. The number of sulfone groups is 1. The summed E-state index contributed by atoms with van der Waals surface area (Å²) in [7, 11) is -7.01. The molecule has 1 amide bonds. The van der Waals surface area contributed by atoms with Crippen LogP contribution in [0.5, 0.6) is 0 Å². The van der Waals surface area contributed by atoms with Crippen molar-refractivity contribution in [1.82, 2.24) is 4.31 Å². The van der Waals surface area contributed by atoms with E-state index in [1.54, 1.807) is 30.3 Å². The molecule has 1 saturated heterocycles. The number of carbonyl (C=O) groups is 1. The van der Waals surface area contributed by atoms with E-state index in [2.05, 4.69) is 5.32 Å². The highest BCUT2D eigenvalue weighted by Gasteiger charge is 2.26. The van der Waals surface area contributed by atoms with Gasteiger partial charge in [0.25, 0.3) is 0 Å². The molecule has 1 fully saturated rings. The van der Waals surface area contributed by atoms with Crippen LogP contribution in [0, 0.1) is 0 Å². The Balaban J connectivity index is 1.61. The van der Waals surface area contributed by atoms with Crippen LogP contribution in [0.1, 0.15) is 12.0 Å². The highest BCUT2D eigenvalue weighted by molar-refractivity contribution is 7.91. The van der Waals surface area contributed by atoms with E-state index in [9.17, 15) is 21.6 Å². The first-order chi connectivity index (χ1) is 14.2. The Morgan fingerprint density at radius 2 is 1.63 bits per heavy atom. The Morgan fingerprint density at radius 3 is 2.27 bits per heavy atom. The second-order valence-electron chi connectivity index (χ2n) is 6.98. The SMILES string of the molecule is CS(=O)(=O)c1ccccc1NC(=O)CCc1ccc(S(=O)(=O)N2CCOCC2)cc1. The maximum absolute atomic E-state index is 12.6. The van der Waals surface area contributed by atoms with Gasteiger partial charge in [0.2, 0.25) is 15.9 Å². The molecule has 0 bridgehead atoms. The Morgan fingerprint density at radius 1 is 1.00 bits per heavy atom. The fraction of sp³-hybridized carbons (Fsp3) is 0.350. The third-order valence-corrected chi connectivity index (χ3v) is 7.80. The Kier molecular flexibility index (Phi) is 6.91. The lowest BCUT2D eigenvalue weighted by atomic mass is 10.1. The van der Waals surface area contributed by atoms with Gasteiger partial charge in [0.15, 0.2) is 9.84 Å². The molecule has 0 atom stereocenters. The summed E-state index contributed by atoms with van der Waals surface area (Å²) in [6.45, 7) is 1.43. The predicted octanol–water partition coefficient (Wildman–Crippen LogP) is 1.68. The minimum absolute atomic E-state index is 0.0658. The van der Waals surface area contributed by atoms with Crippen LogP contribution >= 0.6 is 0 Å². The van der Waals surface area contributed by atoms with E-state index in [4.69, 9.17) is 4.74 Å². The van der Waals surface area contributed by atoms with Crippen LogP contribution in [-0.2, 0) is 35.8 Å². The monoisotopic (exact) mass is 452 g/mol. The maximum Gasteiger partial charge on any atom is 0.243 e. The molecular formula is C20H24N2O6S2. The number of anilines is 1. The van der Waals surface area contributed by atoms with Gasteiger partial charge in [-0.2, -0.15) is 4.31 Å². The summed E-state index contributed by atoms with van der Waals surface area (Å²) in [4.78, 5) is 12.6. The van der Waals surface area contributed by atoms with Gasteiger partial charge in [0, 0.05) is 25.8 Å². The van der Waals surface area contributed by atoms with Gasteiger partial charge >= 0.3 is 0 Å². The van der Waals surface area contributed by atoms with Crippen LogP contribution in [-0.4, -0.2) is 59.6 Å². The number of aryl methyl sites for hydroxylation is 1. The van der Waals surface area contributed by atoms with Gasteiger partial charge in [0.1, 0.15) is 0 Å². The summed E-state index contributed by atoms with van der Waals surface area (Å²) in [5.41, 5.74) is 1.06. The van der Waals surface area contributed by atoms with Crippen LogP contribution in [0.15, 0.2) is 58.3 Å². The lowest BCUT2D eigenvalue weighted by Gasteiger charge is -2.26.